The fraction of sp³-hybridized carbons (Fsp3) is 0.333. The SMILES string of the molecule is O=S1(=O)c2ccc(Br)cc2N2CCC[C@H]2CN1Cc1ccc(F)cc1. The van der Waals surface area contributed by atoms with Gasteiger partial charge in [-0.05, 0) is 48.7 Å². The summed E-state index contributed by atoms with van der Waals surface area (Å²) in [5, 5.41) is 0. The minimum Gasteiger partial charge on any atom is -0.366 e. The normalized spacial score (nSPS) is 22.3. The van der Waals surface area contributed by atoms with E-state index in [0.717, 1.165) is 35.1 Å². The Bertz CT molecular complexity index is 902. The molecule has 2 heterocycles. The van der Waals surface area contributed by atoms with E-state index in [1.165, 1.54) is 16.4 Å². The second kappa shape index (κ2) is 6.37. The van der Waals surface area contributed by atoms with Crippen LogP contribution in [0, 0.1) is 5.82 Å². The number of hydrogen-bond acceptors (Lipinski definition) is 3. The number of hydrogen-bond donors (Lipinski definition) is 0. The third-order valence-electron chi connectivity index (χ3n) is 4.91. The molecule has 2 aromatic carbocycles. The van der Waals surface area contributed by atoms with Gasteiger partial charge in [0.2, 0.25) is 10.0 Å². The first-order valence-electron chi connectivity index (χ1n) is 8.26. The van der Waals surface area contributed by atoms with E-state index in [4.69, 9.17) is 0 Å². The lowest BCUT2D eigenvalue weighted by molar-refractivity contribution is 0.383. The maximum absolute atomic E-state index is 13.2. The molecule has 4 rings (SSSR count). The van der Waals surface area contributed by atoms with Crippen LogP contribution < -0.4 is 4.90 Å². The van der Waals surface area contributed by atoms with Crippen LogP contribution in [0.2, 0.25) is 0 Å². The quantitative estimate of drug-likeness (QED) is 0.736. The molecule has 0 N–H and O–H groups in total. The first kappa shape index (κ1) is 17.0. The number of rotatable bonds is 2. The molecule has 0 amide bonds. The molecule has 132 valence electrons. The molecule has 0 aromatic heterocycles. The molecule has 0 aliphatic carbocycles. The van der Waals surface area contributed by atoms with Crippen LogP contribution >= 0.6 is 15.9 Å². The van der Waals surface area contributed by atoms with Crippen molar-refractivity contribution in [1.29, 1.82) is 0 Å². The summed E-state index contributed by atoms with van der Waals surface area (Å²) >= 11 is 3.46. The van der Waals surface area contributed by atoms with Gasteiger partial charge in [-0.1, -0.05) is 28.1 Å². The predicted octanol–water partition coefficient (Wildman–Crippen LogP) is 3.76. The first-order valence-corrected chi connectivity index (χ1v) is 10.5. The monoisotopic (exact) mass is 424 g/mol. The Morgan fingerprint density at radius 3 is 2.68 bits per heavy atom. The molecule has 0 bridgehead atoms. The van der Waals surface area contributed by atoms with E-state index in [0.29, 0.717) is 11.4 Å². The van der Waals surface area contributed by atoms with Gasteiger partial charge in [0.15, 0.2) is 0 Å². The summed E-state index contributed by atoms with van der Waals surface area (Å²) < 4.78 is 42.1. The summed E-state index contributed by atoms with van der Waals surface area (Å²) in [5.41, 5.74) is 1.56. The van der Waals surface area contributed by atoms with Crippen LogP contribution in [-0.2, 0) is 16.6 Å². The Morgan fingerprint density at radius 2 is 1.92 bits per heavy atom. The molecule has 0 spiro atoms. The van der Waals surface area contributed by atoms with Crippen molar-refractivity contribution in [1.82, 2.24) is 4.31 Å². The van der Waals surface area contributed by atoms with E-state index >= 15 is 0 Å². The predicted molar refractivity (Wildman–Crippen MR) is 98.5 cm³/mol. The summed E-state index contributed by atoms with van der Waals surface area (Å²) in [7, 11) is -3.61. The summed E-state index contributed by atoms with van der Waals surface area (Å²) in [5.74, 6) is -0.320. The second-order valence-electron chi connectivity index (χ2n) is 6.53. The highest BCUT2D eigenvalue weighted by molar-refractivity contribution is 9.10. The molecule has 7 heteroatoms. The van der Waals surface area contributed by atoms with Crippen molar-refractivity contribution in [2.24, 2.45) is 0 Å². The molecule has 2 aliphatic heterocycles. The van der Waals surface area contributed by atoms with Gasteiger partial charge in [0, 0.05) is 30.1 Å². The molecule has 0 unspecified atom stereocenters. The number of sulfonamides is 1. The van der Waals surface area contributed by atoms with Gasteiger partial charge >= 0.3 is 0 Å². The Kier molecular flexibility index (Phi) is 4.33. The van der Waals surface area contributed by atoms with Crippen LogP contribution in [0.15, 0.2) is 51.8 Å². The standard InChI is InChI=1S/C18H18BrFN2O2S/c19-14-5-8-18-17(10-14)22-9-1-2-16(22)12-21(25(18,23)24)11-13-3-6-15(20)7-4-13/h3-8,10,16H,1-2,9,11-12H2/t16-/m0/s1. The van der Waals surface area contributed by atoms with Crippen molar-refractivity contribution < 1.29 is 12.8 Å². The summed E-state index contributed by atoms with van der Waals surface area (Å²) in [6, 6.07) is 11.5. The topological polar surface area (TPSA) is 40.6 Å². The van der Waals surface area contributed by atoms with Crippen molar-refractivity contribution >= 4 is 31.6 Å². The van der Waals surface area contributed by atoms with E-state index in [2.05, 4.69) is 20.8 Å². The Hall–Kier alpha value is -1.44. The Balaban J connectivity index is 1.78. The first-order chi connectivity index (χ1) is 11.9. The maximum atomic E-state index is 13.2. The van der Waals surface area contributed by atoms with Crippen molar-refractivity contribution in [2.75, 3.05) is 18.0 Å². The molecular weight excluding hydrogens is 407 g/mol. The number of nitrogens with zero attached hydrogens (tertiary/aromatic N) is 2. The van der Waals surface area contributed by atoms with Gasteiger partial charge in [0.25, 0.3) is 0 Å². The molecule has 1 saturated heterocycles. The van der Waals surface area contributed by atoms with Gasteiger partial charge in [-0.3, -0.25) is 0 Å². The van der Waals surface area contributed by atoms with Gasteiger partial charge in [-0.15, -0.1) is 0 Å². The summed E-state index contributed by atoms with van der Waals surface area (Å²) in [4.78, 5) is 2.56. The zero-order valence-corrected chi connectivity index (χ0v) is 15.9. The minimum absolute atomic E-state index is 0.172. The van der Waals surface area contributed by atoms with Crippen molar-refractivity contribution in [2.45, 2.75) is 30.3 Å². The average Bonchev–Trinajstić information content (AvgIpc) is 3.01. The number of anilines is 1. The van der Waals surface area contributed by atoms with E-state index in [1.54, 1.807) is 24.3 Å². The molecule has 0 radical (unpaired) electrons. The van der Waals surface area contributed by atoms with E-state index in [1.807, 2.05) is 6.07 Å². The molecule has 0 saturated carbocycles. The fourth-order valence-corrected chi connectivity index (χ4v) is 5.69. The number of halogens is 2. The fourth-order valence-electron chi connectivity index (χ4n) is 3.69. The Morgan fingerprint density at radius 1 is 1.16 bits per heavy atom. The summed E-state index contributed by atoms with van der Waals surface area (Å²) in [6.07, 6.45) is 2.03. The average molecular weight is 425 g/mol. The molecule has 2 aliphatic rings. The zero-order valence-electron chi connectivity index (χ0n) is 13.5. The smallest absolute Gasteiger partial charge is 0.245 e. The Labute approximate surface area is 155 Å². The van der Waals surface area contributed by atoms with Crippen molar-refractivity contribution in [3.63, 3.8) is 0 Å². The lowest BCUT2D eigenvalue weighted by Gasteiger charge is -2.26. The van der Waals surface area contributed by atoms with Gasteiger partial charge < -0.3 is 4.90 Å². The number of benzene rings is 2. The zero-order chi connectivity index (χ0) is 17.6. The lowest BCUT2D eigenvalue weighted by Crippen LogP contribution is -2.39. The maximum Gasteiger partial charge on any atom is 0.245 e. The molecule has 4 nitrogen and oxygen atoms in total. The van der Waals surface area contributed by atoms with E-state index < -0.39 is 10.0 Å². The van der Waals surface area contributed by atoms with E-state index in [9.17, 15) is 12.8 Å². The van der Waals surface area contributed by atoms with Crippen LogP contribution in [0.25, 0.3) is 0 Å². The molecular formula is C18H18BrFN2O2S. The van der Waals surface area contributed by atoms with Crippen LogP contribution in [0.4, 0.5) is 10.1 Å². The second-order valence-corrected chi connectivity index (χ2v) is 9.35. The third kappa shape index (κ3) is 3.09. The molecule has 2 aromatic rings. The number of fused-ring (bicyclic) bond motifs is 3. The molecule has 1 fully saturated rings. The van der Waals surface area contributed by atoms with Crippen LogP contribution in [-0.4, -0.2) is 31.9 Å². The van der Waals surface area contributed by atoms with Crippen LogP contribution in [0.1, 0.15) is 18.4 Å². The van der Waals surface area contributed by atoms with Crippen molar-refractivity contribution in [3.8, 4) is 0 Å². The van der Waals surface area contributed by atoms with Gasteiger partial charge in [0.05, 0.1) is 5.69 Å². The minimum atomic E-state index is -3.61. The third-order valence-corrected chi connectivity index (χ3v) is 7.26. The van der Waals surface area contributed by atoms with Crippen LogP contribution in [0.3, 0.4) is 0 Å². The highest BCUT2D eigenvalue weighted by Gasteiger charge is 2.39. The van der Waals surface area contributed by atoms with Gasteiger partial charge in [-0.25, -0.2) is 12.8 Å². The molecule has 25 heavy (non-hydrogen) atoms. The summed E-state index contributed by atoms with van der Waals surface area (Å²) in [6.45, 7) is 1.57. The lowest BCUT2D eigenvalue weighted by atomic mass is 10.2. The van der Waals surface area contributed by atoms with Gasteiger partial charge in [0.1, 0.15) is 10.7 Å². The molecule has 1 atom stereocenters. The van der Waals surface area contributed by atoms with Gasteiger partial charge in [-0.2, -0.15) is 4.31 Å². The van der Waals surface area contributed by atoms with Crippen LogP contribution in [0.5, 0.6) is 0 Å². The highest BCUT2D eigenvalue weighted by atomic mass is 79.9. The van der Waals surface area contributed by atoms with E-state index in [-0.39, 0.29) is 18.4 Å². The highest BCUT2D eigenvalue weighted by Crippen LogP contribution is 2.39. The van der Waals surface area contributed by atoms with Crippen molar-refractivity contribution in [3.05, 3.63) is 58.3 Å². The largest absolute Gasteiger partial charge is 0.366 e.